The Morgan fingerprint density at radius 3 is 2.10 bits per heavy atom. The number of rotatable bonds is 6. The smallest absolute Gasteiger partial charge is 0.471 e. The summed E-state index contributed by atoms with van der Waals surface area (Å²) in [6.45, 7) is -0.0568. The minimum atomic E-state index is -4.97. The van der Waals surface area contributed by atoms with Crippen LogP contribution in [0.25, 0.3) is 0 Å². The van der Waals surface area contributed by atoms with Gasteiger partial charge >= 0.3 is 12.1 Å². The van der Waals surface area contributed by atoms with E-state index >= 15 is 0 Å². The van der Waals surface area contributed by atoms with Crippen LogP contribution in [0.15, 0.2) is 30.3 Å². The number of benzene rings is 2. The third-order valence-electron chi connectivity index (χ3n) is 5.38. The van der Waals surface area contributed by atoms with Gasteiger partial charge in [0, 0.05) is 6.54 Å². The van der Waals surface area contributed by atoms with Gasteiger partial charge in [-0.15, -0.1) is 0 Å². The van der Waals surface area contributed by atoms with Crippen molar-refractivity contribution in [2.75, 3.05) is 35.0 Å². The number of carbonyl (C=O) groups is 1. The molecule has 168 valence electrons. The standard InChI is InChI=1S/C22H24F3NO5/c1-28-17-6-5-13(10-18(17)29-2)9-16-15-12-20(31-4)19(30-3)11-14(15)7-8-26(16)21(27)22(23,24)25/h5-6,10-12,16H,7-9H2,1-4H3/t16-/m0/s1. The molecule has 0 fully saturated rings. The topological polar surface area (TPSA) is 57.2 Å². The van der Waals surface area contributed by atoms with E-state index < -0.39 is 18.1 Å². The van der Waals surface area contributed by atoms with Crippen LogP contribution in [-0.2, 0) is 17.6 Å². The fraction of sp³-hybridized carbons (Fsp3) is 0.409. The van der Waals surface area contributed by atoms with E-state index in [2.05, 4.69) is 0 Å². The Morgan fingerprint density at radius 1 is 0.935 bits per heavy atom. The van der Waals surface area contributed by atoms with Gasteiger partial charge in [0.25, 0.3) is 0 Å². The largest absolute Gasteiger partial charge is 0.493 e. The number of alkyl halides is 3. The zero-order chi connectivity index (χ0) is 22.8. The van der Waals surface area contributed by atoms with E-state index in [0.29, 0.717) is 34.1 Å². The molecular weight excluding hydrogens is 415 g/mol. The molecule has 0 radical (unpaired) electrons. The fourth-order valence-electron chi connectivity index (χ4n) is 3.89. The van der Waals surface area contributed by atoms with Crippen LogP contribution in [-0.4, -0.2) is 52.0 Å². The Morgan fingerprint density at radius 2 is 1.52 bits per heavy atom. The molecule has 31 heavy (non-hydrogen) atoms. The van der Waals surface area contributed by atoms with Gasteiger partial charge in [0.2, 0.25) is 0 Å². The highest BCUT2D eigenvalue weighted by atomic mass is 19.4. The zero-order valence-corrected chi connectivity index (χ0v) is 17.7. The van der Waals surface area contributed by atoms with Gasteiger partial charge in [-0.3, -0.25) is 4.79 Å². The molecule has 3 rings (SSSR count). The van der Waals surface area contributed by atoms with E-state index in [1.54, 1.807) is 30.3 Å². The number of hydrogen-bond acceptors (Lipinski definition) is 5. The molecule has 9 heteroatoms. The van der Waals surface area contributed by atoms with Crippen molar-refractivity contribution < 1.29 is 36.9 Å². The van der Waals surface area contributed by atoms with Gasteiger partial charge in [0.1, 0.15) is 0 Å². The highest BCUT2D eigenvalue weighted by Gasteiger charge is 2.46. The second-order valence-corrected chi connectivity index (χ2v) is 7.06. The predicted molar refractivity (Wildman–Crippen MR) is 107 cm³/mol. The number of ether oxygens (including phenoxy) is 4. The summed E-state index contributed by atoms with van der Waals surface area (Å²) in [4.78, 5) is 13.1. The van der Waals surface area contributed by atoms with E-state index in [1.165, 1.54) is 28.4 Å². The highest BCUT2D eigenvalue weighted by Crippen LogP contribution is 2.41. The molecule has 0 saturated heterocycles. The Balaban J connectivity index is 2.08. The number of fused-ring (bicyclic) bond motifs is 1. The Bertz CT molecular complexity index is 961. The van der Waals surface area contributed by atoms with Crippen LogP contribution < -0.4 is 18.9 Å². The molecule has 1 heterocycles. The van der Waals surface area contributed by atoms with E-state index in [9.17, 15) is 18.0 Å². The van der Waals surface area contributed by atoms with Gasteiger partial charge in [-0.1, -0.05) is 6.07 Å². The third kappa shape index (κ3) is 4.50. The van der Waals surface area contributed by atoms with E-state index in [4.69, 9.17) is 18.9 Å². The van der Waals surface area contributed by atoms with Gasteiger partial charge in [-0.05, 0) is 53.8 Å². The molecule has 1 atom stereocenters. The lowest BCUT2D eigenvalue weighted by Gasteiger charge is -2.38. The van der Waals surface area contributed by atoms with Crippen molar-refractivity contribution in [1.82, 2.24) is 4.90 Å². The maximum absolute atomic E-state index is 13.3. The summed E-state index contributed by atoms with van der Waals surface area (Å²) in [5.74, 6) is -0.0260. The Hall–Kier alpha value is -3.10. The van der Waals surface area contributed by atoms with Crippen molar-refractivity contribution in [3.05, 3.63) is 47.0 Å². The molecule has 0 aromatic heterocycles. The first-order valence-electron chi connectivity index (χ1n) is 9.57. The minimum absolute atomic E-state index is 0.0568. The van der Waals surface area contributed by atoms with Gasteiger partial charge in [0.05, 0.1) is 34.5 Å². The fourth-order valence-corrected chi connectivity index (χ4v) is 3.89. The van der Waals surface area contributed by atoms with E-state index in [0.717, 1.165) is 10.5 Å². The summed E-state index contributed by atoms with van der Waals surface area (Å²) in [5, 5.41) is 0. The summed E-state index contributed by atoms with van der Waals surface area (Å²) < 4.78 is 61.2. The van der Waals surface area contributed by atoms with Crippen LogP contribution in [0.5, 0.6) is 23.0 Å². The lowest BCUT2D eigenvalue weighted by atomic mass is 9.88. The summed E-state index contributed by atoms with van der Waals surface area (Å²) in [7, 11) is 5.93. The molecule has 2 aromatic rings. The van der Waals surface area contributed by atoms with Crippen LogP contribution in [0.2, 0.25) is 0 Å². The van der Waals surface area contributed by atoms with E-state index in [-0.39, 0.29) is 19.4 Å². The van der Waals surface area contributed by atoms with Gasteiger partial charge in [0.15, 0.2) is 23.0 Å². The number of halogens is 3. The maximum atomic E-state index is 13.3. The summed E-state index contributed by atoms with van der Waals surface area (Å²) >= 11 is 0. The first-order valence-corrected chi connectivity index (χ1v) is 9.57. The molecule has 1 aliphatic rings. The Labute approximate surface area is 178 Å². The van der Waals surface area contributed by atoms with Crippen molar-refractivity contribution in [3.63, 3.8) is 0 Å². The average molecular weight is 439 g/mol. The van der Waals surface area contributed by atoms with Crippen molar-refractivity contribution in [3.8, 4) is 23.0 Å². The van der Waals surface area contributed by atoms with Gasteiger partial charge in [-0.2, -0.15) is 13.2 Å². The highest BCUT2D eigenvalue weighted by molar-refractivity contribution is 5.82. The number of methoxy groups -OCH3 is 4. The monoisotopic (exact) mass is 439 g/mol. The summed E-state index contributed by atoms with van der Waals surface area (Å²) in [6.07, 6.45) is -4.53. The zero-order valence-electron chi connectivity index (χ0n) is 17.7. The second kappa shape index (κ2) is 8.95. The van der Waals surface area contributed by atoms with Crippen molar-refractivity contribution in [2.24, 2.45) is 0 Å². The first kappa shape index (κ1) is 22.6. The maximum Gasteiger partial charge on any atom is 0.471 e. The molecular formula is C22H24F3NO5. The van der Waals surface area contributed by atoms with Crippen LogP contribution in [0.3, 0.4) is 0 Å². The quantitative estimate of drug-likeness (QED) is 0.682. The molecule has 0 unspecified atom stereocenters. The number of nitrogens with zero attached hydrogens (tertiary/aromatic N) is 1. The molecule has 0 spiro atoms. The van der Waals surface area contributed by atoms with Crippen LogP contribution >= 0.6 is 0 Å². The molecule has 0 saturated carbocycles. The molecule has 6 nitrogen and oxygen atoms in total. The normalized spacial score (nSPS) is 15.8. The van der Waals surface area contributed by atoms with Crippen molar-refractivity contribution in [2.45, 2.75) is 25.1 Å². The van der Waals surface area contributed by atoms with Crippen LogP contribution in [0.1, 0.15) is 22.7 Å². The Kier molecular flexibility index (Phi) is 6.52. The lowest BCUT2D eigenvalue weighted by molar-refractivity contribution is -0.188. The average Bonchev–Trinajstić information content (AvgIpc) is 2.77. The first-order chi connectivity index (χ1) is 14.7. The summed E-state index contributed by atoms with van der Waals surface area (Å²) in [6, 6.07) is 7.69. The molecule has 1 amide bonds. The van der Waals surface area contributed by atoms with Crippen molar-refractivity contribution in [1.29, 1.82) is 0 Å². The van der Waals surface area contributed by atoms with Crippen molar-refractivity contribution >= 4 is 5.91 Å². The second-order valence-electron chi connectivity index (χ2n) is 7.06. The number of carbonyl (C=O) groups excluding carboxylic acids is 1. The van der Waals surface area contributed by atoms with Gasteiger partial charge < -0.3 is 23.8 Å². The molecule has 0 N–H and O–H groups in total. The number of amides is 1. The molecule has 0 aliphatic carbocycles. The van der Waals surface area contributed by atoms with E-state index in [1.807, 2.05) is 0 Å². The summed E-state index contributed by atoms with van der Waals surface area (Å²) in [5.41, 5.74) is 2.11. The predicted octanol–water partition coefficient (Wildman–Crippen LogP) is 3.95. The third-order valence-corrected chi connectivity index (χ3v) is 5.38. The van der Waals surface area contributed by atoms with Crippen LogP contribution in [0, 0.1) is 0 Å². The molecule has 0 bridgehead atoms. The minimum Gasteiger partial charge on any atom is -0.493 e. The SMILES string of the molecule is COc1ccc(C[C@H]2c3cc(OC)c(OC)cc3CCN2C(=O)C(F)(F)F)cc1OC. The number of hydrogen-bond donors (Lipinski definition) is 0. The lowest BCUT2D eigenvalue weighted by Crippen LogP contribution is -2.47. The van der Waals surface area contributed by atoms with Gasteiger partial charge in [-0.25, -0.2) is 0 Å². The molecule has 1 aliphatic heterocycles. The molecule has 2 aromatic carbocycles. The van der Waals surface area contributed by atoms with Crippen LogP contribution in [0.4, 0.5) is 13.2 Å².